The maximum Gasteiger partial charge on any atom is 0.221 e. The normalized spacial score (nSPS) is 19.4. The number of amides is 1. The Morgan fingerprint density at radius 2 is 2.12 bits per heavy atom. The van der Waals surface area contributed by atoms with Crippen LogP contribution in [0.4, 0.5) is 0 Å². The van der Waals surface area contributed by atoms with Crippen LogP contribution in [0.3, 0.4) is 0 Å². The third-order valence-electron chi connectivity index (χ3n) is 4.40. The van der Waals surface area contributed by atoms with Crippen molar-refractivity contribution in [3.05, 3.63) is 34.9 Å². The first-order valence-corrected chi connectivity index (χ1v) is 10.1. The van der Waals surface area contributed by atoms with Gasteiger partial charge in [0, 0.05) is 49.4 Å². The van der Waals surface area contributed by atoms with E-state index in [2.05, 4.69) is 35.3 Å². The summed E-state index contributed by atoms with van der Waals surface area (Å²) in [7, 11) is 4.23. The molecule has 1 fully saturated rings. The molecule has 0 saturated carbocycles. The van der Waals surface area contributed by atoms with Gasteiger partial charge < -0.3 is 15.1 Å². The maximum atomic E-state index is 12.1. The second-order valence-electron chi connectivity index (χ2n) is 6.45. The lowest BCUT2D eigenvalue weighted by Gasteiger charge is -2.37. The Hall–Kier alpha value is -0.750. The molecule has 134 valence electrons. The van der Waals surface area contributed by atoms with Gasteiger partial charge >= 0.3 is 0 Å². The topological polar surface area (TPSA) is 35.6 Å². The van der Waals surface area contributed by atoms with Crippen molar-refractivity contribution in [2.45, 2.75) is 24.6 Å². The second kappa shape index (κ2) is 10.3. The van der Waals surface area contributed by atoms with Crippen LogP contribution in [0.25, 0.3) is 0 Å². The molecule has 24 heavy (non-hydrogen) atoms. The summed E-state index contributed by atoms with van der Waals surface area (Å²) < 4.78 is 0. The summed E-state index contributed by atoms with van der Waals surface area (Å²) >= 11 is 8.00. The molecule has 6 heteroatoms. The molecule has 0 aromatic heterocycles. The first-order valence-electron chi connectivity index (χ1n) is 8.53. The van der Waals surface area contributed by atoms with Gasteiger partial charge in [-0.25, -0.2) is 0 Å². The molecule has 0 aliphatic carbocycles. The molecule has 1 amide bonds. The van der Waals surface area contributed by atoms with Gasteiger partial charge in [0.05, 0.1) is 0 Å². The Balaban J connectivity index is 1.55. The van der Waals surface area contributed by atoms with Crippen LogP contribution in [-0.4, -0.2) is 67.8 Å². The highest BCUT2D eigenvalue weighted by molar-refractivity contribution is 7.98. The molecule has 1 N–H and O–H groups in total. The van der Waals surface area contributed by atoms with Gasteiger partial charge in [-0.05, 0) is 37.9 Å². The molecule has 1 atom stereocenters. The number of benzene rings is 1. The average molecular weight is 370 g/mol. The molecule has 1 aromatic rings. The van der Waals surface area contributed by atoms with E-state index in [-0.39, 0.29) is 5.91 Å². The molecule has 2 rings (SSSR count). The zero-order chi connectivity index (χ0) is 17.4. The third kappa shape index (κ3) is 6.63. The highest BCUT2D eigenvalue weighted by Gasteiger charge is 2.24. The number of nitrogens with zero attached hydrogens (tertiary/aromatic N) is 2. The predicted molar refractivity (Wildman–Crippen MR) is 104 cm³/mol. The number of carbonyl (C=O) groups excluding carboxylic acids is 1. The molecule has 0 bridgehead atoms. The van der Waals surface area contributed by atoms with E-state index in [1.165, 1.54) is 5.56 Å². The first-order chi connectivity index (χ1) is 11.6. The number of halogens is 1. The number of likely N-dealkylation sites (N-methyl/N-ethyl adjacent to an activating group) is 2. The van der Waals surface area contributed by atoms with Crippen LogP contribution in [0.5, 0.6) is 0 Å². The molecule has 1 aliphatic rings. The molecule has 1 aliphatic heterocycles. The van der Waals surface area contributed by atoms with E-state index in [1.807, 2.05) is 30.0 Å². The van der Waals surface area contributed by atoms with Crippen molar-refractivity contribution in [3.8, 4) is 0 Å². The number of hydrogen-bond acceptors (Lipinski definition) is 4. The van der Waals surface area contributed by atoms with Crippen LogP contribution < -0.4 is 5.32 Å². The van der Waals surface area contributed by atoms with Crippen molar-refractivity contribution >= 4 is 29.3 Å². The van der Waals surface area contributed by atoms with Gasteiger partial charge in [0.25, 0.3) is 0 Å². The van der Waals surface area contributed by atoms with Crippen LogP contribution in [0.15, 0.2) is 24.3 Å². The molecular weight excluding hydrogens is 342 g/mol. The lowest BCUT2D eigenvalue weighted by molar-refractivity contribution is -0.122. The fourth-order valence-corrected chi connectivity index (χ4v) is 4.05. The lowest BCUT2D eigenvalue weighted by atomic mass is 10.1. The molecular formula is C18H28ClN3OS. The highest BCUT2D eigenvalue weighted by Crippen LogP contribution is 2.20. The monoisotopic (exact) mass is 369 g/mol. The Morgan fingerprint density at radius 3 is 2.92 bits per heavy atom. The fraction of sp³-hybridized carbons (Fsp3) is 0.611. The molecule has 1 heterocycles. The molecule has 0 radical (unpaired) electrons. The lowest BCUT2D eigenvalue weighted by Crippen LogP contribution is -2.51. The predicted octanol–water partition coefficient (Wildman–Crippen LogP) is 2.72. The molecule has 4 nitrogen and oxygen atoms in total. The average Bonchev–Trinajstić information content (AvgIpc) is 2.56. The molecule has 0 spiro atoms. The van der Waals surface area contributed by atoms with E-state index in [0.29, 0.717) is 12.5 Å². The minimum absolute atomic E-state index is 0.165. The van der Waals surface area contributed by atoms with Crippen LogP contribution in [-0.2, 0) is 10.5 Å². The van der Waals surface area contributed by atoms with Crippen molar-refractivity contribution in [1.29, 1.82) is 0 Å². The van der Waals surface area contributed by atoms with Crippen molar-refractivity contribution in [2.24, 2.45) is 0 Å². The van der Waals surface area contributed by atoms with E-state index < -0.39 is 0 Å². The van der Waals surface area contributed by atoms with Crippen LogP contribution in [0, 0.1) is 0 Å². The summed E-state index contributed by atoms with van der Waals surface area (Å²) in [6.45, 7) is 3.84. The van der Waals surface area contributed by atoms with Gasteiger partial charge in [-0.15, -0.1) is 0 Å². The molecule has 1 saturated heterocycles. The number of carbonyl (C=O) groups is 1. The summed E-state index contributed by atoms with van der Waals surface area (Å²) in [6, 6.07) is 8.29. The Morgan fingerprint density at radius 1 is 1.33 bits per heavy atom. The molecule has 1 aromatic carbocycles. The van der Waals surface area contributed by atoms with Gasteiger partial charge in [0.2, 0.25) is 5.91 Å². The second-order valence-corrected chi connectivity index (χ2v) is 7.96. The van der Waals surface area contributed by atoms with Gasteiger partial charge in [-0.3, -0.25) is 4.79 Å². The van der Waals surface area contributed by atoms with Crippen molar-refractivity contribution in [2.75, 3.05) is 46.0 Å². The van der Waals surface area contributed by atoms with Gasteiger partial charge in [0.15, 0.2) is 0 Å². The standard InChI is InChI=1S/C18H28ClN3OS/c1-21-9-10-22(2)16(13-21)12-18(23)20-8-5-11-24-14-15-6-3-4-7-17(15)19/h3-4,6-7,16H,5,8-14H2,1-2H3,(H,20,23)/t16-/m0/s1. The minimum Gasteiger partial charge on any atom is -0.356 e. The Bertz CT molecular complexity index is 529. The van der Waals surface area contributed by atoms with E-state index in [4.69, 9.17) is 11.6 Å². The van der Waals surface area contributed by atoms with Gasteiger partial charge in [-0.1, -0.05) is 29.8 Å². The number of nitrogens with one attached hydrogen (secondary N) is 1. The van der Waals surface area contributed by atoms with Crippen LogP contribution >= 0.6 is 23.4 Å². The van der Waals surface area contributed by atoms with E-state index >= 15 is 0 Å². The summed E-state index contributed by atoms with van der Waals surface area (Å²) in [5.74, 6) is 2.11. The van der Waals surface area contributed by atoms with Crippen LogP contribution in [0.2, 0.25) is 5.02 Å². The summed E-state index contributed by atoms with van der Waals surface area (Å²) in [4.78, 5) is 16.7. The van der Waals surface area contributed by atoms with Gasteiger partial charge in [0.1, 0.15) is 0 Å². The highest BCUT2D eigenvalue weighted by atomic mass is 35.5. The smallest absolute Gasteiger partial charge is 0.221 e. The quantitative estimate of drug-likeness (QED) is 0.715. The number of rotatable bonds is 8. The Labute approximate surface area is 154 Å². The van der Waals surface area contributed by atoms with Crippen LogP contribution in [0.1, 0.15) is 18.4 Å². The number of thioether (sulfide) groups is 1. The SMILES string of the molecule is CN1CCN(C)[C@@H](CC(=O)NCCCSCc2ccccc2Cl)C1. The fourth-order valence-electron chi connectivity index (χ4n) is 2.81. The van der Waals surface area contributed by atoms with Crippen molar-refractivity contribution in [1.82, 2.24) is 15.1 Å². The zero-order valence-corrected chi connectivity index (χ0v) is 16.2. The summed E-state index contributed by atoms with van der Waals surface area (Å²) in [5, 5.41) is 3.89. The van der Waals surface area contributed by atoms with E-state index in [0.717, 1.165) is 49.1 Å². The molecule has 0 unspecified atom stereocenters. The third-order valence-corrected chi connectivity index (χ3v) is 5.87. The number of piperazine rings is 1. The van der Waals surface area contributed by atoms with E-state index in [1.54, 1.807) is 0 Å². The number of hydrogen-bond donors (Lipinski definition) is 1. The summed E-state index contributed by atoms with van der Waals surface area (Å²) in [5.41, 5.74) is 1.18. The van der Waals surface area contributed by atoms with Crippen molar-refractivity contribution < 1.29 is 4.79 Å². The van der Waals surface area contributed by atoms with Crippen molar-refractivity contribution in [3.63, 3.8) is 0 Å². The van der Waals surface area contributed by atoms with Gasteiger partial charge in [-0.2, -0.15) is 11.8 Å². The zero-order valence-electron chi connectivity index (χ0n) is 14.6. The minimum atomic E-state index is 0.165. The van der Waals surface area contributed by atoms with E-state index in [9.17, 15) is 4.79 Å². The first kappa shape index (κ1) is 19.6. The Kier molecular flexibility index (Phi) is 8.39. The largest absolute Gasteiger partial charge is 0.356 e. The summed E-state index contributed by atoms with van der Waals surface area (Å²) in [6.07, 6.45) is 1.58. The maximum absolute atomic E-state index is 12.1.